The third kappa shape index (κ3) is 2.51. The van der Waals surface area contributed by atoms with Crippen LogP contribution >= 0.6 is 11.3 Å². The van der Waals surface area contributed by atoms with Crippen LogP contribution in [0.1, 0.15) is 32.8 Å². The number of hydrogen-bond donors (Lipinski definition) is 1. The minimum Gasteiger partial charge on any atom is -0.481 e. The van der Waals surface area contributed by atoms with Gasteiger partial charge in [-0.05, 0) is 35.2 Å². The highest BCUT2D eigenvalue weighted by Crippen LogP contribution is 2.45. The highest BCUT2D eigenvalue weighted by Gasteiger charge is 2.45. The molecule has 1 amide bonds. The Labute approximate surface area is 148 Å². The Morgan fingerprint density at radius 3 is 2.64 bits per heavy atom. The van der Waals surface area contributed by atoms with Gasteiger partial charge in [0.15, 0.2) is 0 Å². The van der Waals surface area contributed by atoms with E-state index < -0.39 is 17.9 Å². The van der Waals surface area contributed by atoms with Crippen LogP contribution in [0.25, 0.3) is 0 Å². The number of thiophene rings is 1. The van der Waals surface area contributed by atoms with Crippen molar-refractivity contribution >= 4 is 28.9 Å². The van der Waals surface area contributed by atoms with E-state index in [1.807, 2.05) is 17.5 Å². The molecule has 0 radical (unpaired) electrons. The first-order valence-electron chi connectivity index (χ1n) is 7.77. The molecule has 1 aromatic carbocycles. The molecule has 1 aliphatic heterocycles. The van der Waals surface area contributed by atoms with Crippen molar-refractivity contribution in [1.82, 2.24) is 4.98 Å². The Kier molecular flexibility index (Phi) is 3.82. The first-order chi connectivity index (χ1) is 12.2. The summed E-state index contributed by atoms with van der Waals surface area (Å²) in [6, 6.07) is 13.6. The molecule has 0 bridgehead atoms. The summed E-state index contributed by atoms with van der Waals surface area (Å²) in [4.78, 5) is 31.8. The molecule has 0 aliphatic carbocycles. The lowest BCUT2D eigenvalue weighted by atomic mass is 9.82. The lowest BCUT2D eigenvalue weighted by Gasteiger charge is -2.39. The molecule has 0 saturated carbocycles. The molecule has 1 aliphatic rings. The van der Waals surface area contributed by atoms with Crippen molar-refractivity contribution in [3.8, 4) is 0 Å². The maximum atomic E-state index is 13.2. The number of anilines is 1. The van der Waals surface area contributed by atoms with Gasteiger partial charge in [0, 0.05) is 16.6 Å². The molecule has 6 heteroatoms. The van der Waals surface area contributed by atoms with E-state index in [1.165, 1.54) is 11.3 Å². The lowest BCUT2D eigenvalue weighted by molar-refractivity contribution is -0.139. The monoisotopic (exact) mass is 350 g/mol. The topological polar surface area (TPSA) is 70.5 Å². The van der Waals surface area contributed by atoms with Gasteiger partial charge in [0.05, 0.1) is 17.9 Å². The van der Waals surface area contributed by atoms with E-state index in [9.17, 15) is 14.7 Å². The molecule has 5 nitrogen and oxygen atoms in total. The standard InChI is InChI=1S/C19H14N2O3S/c22-18-14-7-2-1-6-13(14)16(19(23)24)17(15-8-4-10-25-15)21(18)12-5-3-9-20-11-12/h1-11,16-17H,(H,23,24). The van der Waals surface area contributed by atoms with Crippen molar-refractivity contribution in [1.29, 1.82) is 0 Å². The van der Waals surface area contributed by atoms with Gasteiger partial charge in [-0.1, -0.05) is 24.3 Å². The molecule has 4 rings (SSSR count). The zero-order valence-electron chi connectivity index (χ0n) is 13.1. The number of benzene rings is 1. The lowest BCUT2D eigenvalue weighted by Crippen LogP contribution is -2.44. The number of carbonyl (C=O) groups is 2. The van der Waals surface area contributed by atoms with Crippen LogP contribution in [0, 0.1) is 0 Å². The van der Waals surface area contributed by atoms with Crippen molar-refractivity contribution in [3.05, 3.63) is 82.3 Å². The van der Waals surface area contributed by atoms with E-state index in [-0.39, 0.29) is 5.91 Å². The number of nitrogens with zero attached hydrogens (tertiary/aromatic N) is 2. The van der Waals surface area contributed by atoms with Crippen LogP contribution in [0.3, 0.4) is 0 Å². The Morgan fingerprint density at radius 2 is 1.96 bits per heavy atom. The van der Waals surface area contributed by atoms with Crippen molar-refractivity contribution in [2.75, 3.05) is 4.90 Å². The highest BCUT2D eigenvalue weighted by atomic mass is 32.1. The Hall–Kier alpha value is -2.99. The third-order valence-corrected chi connectivity index (χ3v) is 5.31. The minimum atomic E-state index is -0.952. The van der Waals surface area contributed by atoms with Crippen molar-refractivity contribution < 1.29 is 14.7 Å². The number of amides is 1. The van der Waals surface area contributed by atoms with Crippen LogP contribution in [0.15, 0.2) is 66.3 Å². The molecule has 25 heavy (non-hydrogen) atoms. The molecule has 2 unspecified atom stereocenters. The average molecular weight is 350 g/mol. The number of carbonyl (C=O) groups excluding carboxylic acids is 1. The molecule has 1 N–H and O–H groups in total. The second-order valence-electron chi connectivity index (χ2n) is 5.75. The van der Waals surface area contributed by atoms with Gasteiger partial charge in [0.2, 0.25) is 0 Å². The fourth-order valence-electron chi connectivity index (χ4n) is 3.33. The van der Waals surface area contributed by atoms with Crippen LogP contribution in [0.4, 0.5) is 5.69 Å². The number of pyridine rings is 1. The van der Waals surface area contributed by atoms with Crippen LogP contribution in [-0.2, 0) is 4.79 Å². The first kappa shape index (κ1) is 15.5. The fourth-order valence-corrected chi connectivity index (χ4v) is 4.18. The Morgan fingerprint density at radius 1 is 1.12 bits per heavy atom. The van der Waals surface area contributed by atoms with Gasteiger partial charge >= 0.3 is 5.97 Å². The van der Waals surface area contributed by atoms with Gasteiger partial charge in [-0.25, -0.2) is 0 Å². The number of aromatic nitrogens is 1. The highest BCUT2D eigenvalue weighted by molar-refractivity contribution is 7.10. The van der Waals surface area contributed by atoms with E-state index >= 15 is 0 Å². The summed E-state index contributed by atoms with van der Waals surface area (Å²) in [6.07, 6.45) is 3.21. The van der Waals surface area contributed by atoms with Gasteiger partial charge < -0.3 is 5.11 Å². The maximum absolute atomic E-state index is 13.2. The summed E-state index contributed by atoms with van der Waals surface area (Å²) in [7, 11) is 0. The maximum Gasteiger partial charge on any atom is 0.313 e. The molecular formula is C19H14N2O3S. The summed E-state index contributed by atoms with van der Waals surface area (Å²) >= 11 is 1.45. The van der Waals surface area contributed by atoms with Crippen molar-refractivity contribution in [2.45, 2.75) is 12.0 Å². The van der Waals surface area contributed by atoms with Gasteiger partial charge in [-0.15, -0.1) is 11.3 Å². The predicted octanol–water partition coefficient (Wildman–Crippen LogP) is 3.71. The molecular weight excluding hydrogens is 336 g/mol. The number of fused-ring (bicyclic) bond motifs is 1. The van der Waals surface area contributed by atoms with Crippen LogP contribution in [0.2, 0.25) is 0 Å². The number of carboxylic acid groups (broad SMARTS) is 1. The summed E-state index contributed by atoms with van der Waals surface area (Å²) in [5.74, 6) is -2.00. The summed E-state index contributed by atoms with van der Waals surface area (Å²) in [6.45, 7) is 0. The first-order valence-corrected chi connectivity index (χ1v) is 8.65. The minimum absolute atomic E-state index is 0.209. The van der Waals surface area contributed by atoms with Crippen molar-refractivity contribution in [2.24, 2.45) is 0 Å². The second kappa shape index (κ2) is 6.14. The summed E-state index contributed by atoms with van der Waals surface area (Å²) in [5.41, 5.74) is 1.57. The van der Waals surface area contributed by atoms with E-state index in [2.05, 4.69) is 4.98 Å². The van der Waals surface area contributed by atoms with Gasteiger partial charge in [-0.2, -0.15) is 0 Å². The quantitative estimate of drug-likeness (QED) is 0.782. The Bertz CT molecular complexity index is 925. The predicted molar refractivity (Wildman–Crippen MR) is 94.9 cm³/mol. The van der Waals surface area contributed by atoms with Gasteiger partial charge in [-0.3, -0.25) is 19.5 Å². The Balaban J connectivity index is 1.98. The fraction of sp³-hybridized carbons (Fsp3) is 0.105. The SMILES string of the molecule is O=C(O)C1c2ccccc2C(=O)N(c2cccnc2)C1c1cccs1. The van der Waals surface area contributed by atoms with Crippen LogP contribution < -0.4 is 4.90 Å². The third-order valence-electron chi connectivity index (χ3n) is 4.36. The number of rotatable bonds is 3. The molecule has 2 aromatic heterocycles. The van der Waals surface area contributed by atoms with E-state index in [1.54, 1.807) is 53.7 Å². The largest absolute Gasteiger partial charge is 0.481 e. The van der Waals surface area contributed by atoms with E-state index in [0.29, 0.717) is 16.8 Å². The van der Waals surface area contributed by atoms with Crippen molar-refractivity contribution in [3.63, 3.8) is 0 Å². The molecule has 124 valence electrons. The molecule has 2 atom stereocenters. The summed E-state index contributed by atoms with van der Waals surface area (Å²) < 4.78 is 0. The number of aliphatic carboxylic acids is 1. The molecule has 0 saturated heterocycles. The number of carboxylic acids is 1. The van der Waals surface area contributed by atoms with Crippen LogP contribution in [-0.4, -0.2) is 22.0 Å². The smallest absolute Gasteiger partial charge is 0.313 e. The zero-order valence-corrected chi connectivity index (χ0v) is 13.9. The van der Waals surface area contributed by atoms with E-state index in [4.69, 9.17) is 0 Å². The molecule has 0 spiro atoms. The normalized spacial score (nSPS) is 19.5. The summed E-state index contributed by atoms with van der Waals surface area (Å²) in [5, 5.41) is 11.8. The number of hydrogen-bond acceptors (Lipinski definition) is 4. The molecule has 3 aromatic rings. The van der Waals surface area contributed by atoms with Crippen LogP contribution in [0.5, 0.6) is 0 Å². The van der Waals surface area contributed by atoms with E-state index in [0.717, 1.165) is 4.88 Å². The zero-order chi connectivity index (χ0) is 17.4. The van der Waals surface area contributed by atoms with Gasteiger partial charge in [0.1, 0.15) is 5.92 Å². The average Bonchev–Trinajstić information content (AvgIpc) is 3.16. The molecule has 0 fully saturated rings. The molecule has 3 heterocycles. The second-order valence-corrected chi connectivity index (χ2v) is 6.73. The van der Waals surface area contributed by atoms with Gasteiger partial charge in [0.25, 0.3) is 5.91 Å².